The van der Waals surface area contributed by atoms with Crippen molar-refractivity contribution in [2.45, 2.75) is 42.8 Å². The molecule has 5 nitrogen and oxygen atoms in total. The van der Waals surface area contributed by atoms with E-state index in [2.05, 4.69) is 10.0 Å². The second-order valence-electron chi connectivity index (χ2n) is 5.86. The Balaban J connectivity index is 1.70. The van der Waals surface area contributed by atoms with Gasteiger partial charge < -0.3 is 10.1 Å². The molecule has 1 aliphatic heterocycles. The van der Waals surface area contributed by atoms with Gasteiger partial charge >= 0.3 is 0 Å². The van der Waals surface area contributed by atoms with Gasteiger partial charge in [-0.05, 0) is 49.9 Å². The minimum Gasteiger partial charge on any atom is -0.376 e. The van der Waals surface area contributed by atoms with Gasteiger partial charge in [-0.1, -0.05) is 12.1 Å². The topological polar surface area (TPSA) is 67.4 Å². The van der Waals surface area contributed by atoms with E-state index >= 15 is 0 Å². The van der Waals surface area contributed by atoms with Crippen molar-refractivity contribution in [1.29, 1.82) is 0 Å². The van der Waals surface area contributed by atoms with Crippen molar-refractivity contribution >= 4 is 10.0 Å². The summed E-state index contributed by atoms with van der Waals surface area (Å²) in [6, 6.07) is 6.93. The third-order valence-corrected chi connectivity index (χ3v) is 5.65. The number of sulfonamides is 1. The number of hydrogen-bond donors (Lipinski definition) is 2. The monoisotopic (exact) mass is 310 g/mol. The molecular weight excluding hydrogens is 288 g/mol. The molecule has 0 radical (unpaired) electrons. The lowest BCUT2D eigenvalue weighted by atomic mass is 10.1. The van der Waals surface area contributed by atoms with Gasteiger partial charge in [-0.15, -0.1) is 0 Å². The fourth-order valence-corrected chi connectivity index (χ4v) is 4.17. The molecule has 1 aromatic carbocycles. The normalized spacial score (nSPS) is 26.1. The minimum absolute atomic E-state index is 0.0586. The summed E-state index contributed by atoms with van der Waals surface area (Å²) < 4.78 is 33.4. The molecule has 2 atom stereocenters. The van der Waals surface area contributed by atoms with Crippen LogP contribution in [0.2, 0.25) is 0 Å². The molecule has 0 spiro atoms. The zero-order chi connectivity index (χ0) is 14.9. The van der Waals surface area contributed by atoms with Crippen LogP contribution in [0.3, 0.4) is 0 Å². The fraction of sp³-hybridized carbons (Fsp3) is 0.600. The Bertz CT molecular complexity index is 581. The predicted octanol–water partition coefficient (Wildman–Crippen LogP) is 1.25. The Labute approximate surface area is 126 Å². The molecule has 0 amide bonds. The standard InChI is InChI=1S/C15H22N2O3S/c1-16-10-11-2-6-13(7-3-11)21(18,19)17-14-8-9-20-15(14)12-4-5-12/h2-3,6-7,12,14-17H,4-5,8-10H2,1H3. The highest BCUT2D eigenvalue weighted by Crippen LogP contribution is 2.39. The lowest BCUT2D eigenvalue weighted by Crippen LogP contribution is -2.41. The van der Waals surface area contributed by atoms with Gasteiger partial charge in [0, 0.05) is 13.2 Å². The number of benzene rings is 1. The Morgan fingerprint density at radius 3 is 2.52 bits per heavy atom. The van der Waals surface area contributed by atoms with E-state index < -0.39 is 10.0 Å². The van der Waals surface area contributed by atoms with Gasteiger partial charge in [-0.2, -0.15) is 0 Å². The molecule has 6 heteroatoms. The SMILES string of the molecule is CNCc1ccc(S(=O)(=O)NC2CCOC2C2CC2)cc1. The van der Waals surface area contributed by atoms with Crippen molar-refractivity contribution in [2.24, 2.45) is 5.92 Å². The maximum Gasteiger partial charge on any atom is 0.240 e. The zero-order valence-electron chi connectivity index (χ0n) is 12.2. The van der Waals surface area contributed by atoms with E-state index in [1.807, 2.05) is 19.2 Å². The lowest BCUT2D eigenvalue weighted by Gasteiger charge is -2.19. The molecule has 1 saturated heterocycles. The molecule has 2 N–H and O–H groups in total. The molecule has 1 saturated carbocycles. The van der Waals surface area contributed by atoms with Gasteiger partial charge in [0.15, 0.2) is 0 Å². The summed E-state index contributed by atoms with van der Waals surface area (Å²) >= 11 is 0. The average Bonchev–Trinajstić information content (AvgIpc) is 3.20. The van der Waals surface area contributed by atoms with E-state index in [4.69, 9.17) is 4.74 Å². The van der Waals surface area contributed by atoms with Crippen LogP contribution in [0.1, 0.15) is 24.8 Å². The van der Waals surface area contributed by atoms with Crippen LogP contribution in [0, 0.1) is 5.92 Å². The average molecular weight is 310 g/mol. The van der Waals surface area contributed by atoms with Crippen molar-refractivity contribution in [3.05, 3.63) is 29.8 Å². The van der Waals surface area contributed by atoms with E-state index in [0.29, 0.717) is 17.4 Å². The molecule has 2 aliphatic rings. The highest BCUT2D eigenvalue weighted by molar-refractivity contribution is 7.89. The van der Waals surface area contributed by atoms with Crippen LogP contribution < -0.4 is 10.0 Å². The molecule has 0 aromatic heterocycles. The molecule has 2 fully saturated rings. The van der Waals surface area contributed by atoms with Crippen LogP contribution in [0.4, 0.5) is 0 Å². The predicted molar refractivity (Wildman–Crippen MR) is 80.4 cm³/mol. The summed E-state index contributed by atoms with van der Waals surface area (Å²) in [6.45, 7) is 1.38. The van der Waals surface area contributed by atoms with Gasteiger partial charge in [0.05, 0.1) is 17.0 Å². The van der Waals surface area contributed by atoms with Gasteiger partial charge in [0.2, 0.25) is 10.0 Å². The van der Waals surface area contributed by atoms with E-state index in [1.165, 1.54) is 0 Å². The smallest absolute Gasteiger partial charge is 0.240 e. The first-order valence-electron chi connectivity index (χ1n) is 7.47. The first-order valence-corrected chi connectivity index (χ1v) is 8.96. The Morgan fingerprint density at radius 1 is 1.19 bits per heavy atom. The highest BCUT2D eigenvalue weighted by Gasteiger charge is 2.42. The first-order chi connectivity index (χ1) is 10.1. The maximum absolute atomic E-state index is 12.5. The van der Waals surface area contributed by atoms with Crippen molar-refractivity contribution in [3.8, 4) is 0 Å². The highest BCUT2D eigenvalue weighted by atomic mass is 32.2. The van der Waals surface area contributed by atoms with Crippen molar-refractivity contribution in [2.75, 3.05) is 13.7 Å². The fourth-order valence-electron chi connectivity index (χ4n) is 2.88. The molecular formula is C15H22N2O3S. The van der Waals surface area contributed by atoms with E-state index in [9.17, 15) is 8.42 Å². The summed E-state index contributed by atoms with van der Waals surface area (Å²) in [4.78, 5) is 0.323. The van der Waals surface area contributed by atoms with Crippen LogP contribution in [0.5, 0.6) is 0 Å². The number of ether oxygens (including phenoxy) is 1. The summed E-state index contributed by atoms with van der Waals surface area (Å²) in [6.07, 6.45) is 3.13. The quantitative estimate of drug-likeness (QED) is 0.830. The van der Waals surface area contributed by atoms with Crippen LogP contribution in [-0.2, 0) is 21.3 Å². The largest absolute Gasteiger partial charge is 0.376 e. The van der Waals surface area contributed by atoms with Crippen LogP contribution >= 0.6 is 0 Å². The van der Waals surface area contributed by atoms with Crippen molar-refractivity contribution < 1.29 is 13.2 Å². The summed E-state index contributed by atoms with van der Waals surface area (Å²) in [5.74, 6) is 0.540. The van der Waals surface area contributed by atoms with E-state index in [0.717, 1.165) is 31.4 Å². The van der Waals surface area contributed by atoms with Crippen molar-refractivity contribution in [3.63, 3.8) is 0 Å². The van der Waals surface area contributed by atoms with Gasteiger partial charge in [-0.3, -0.25) is 0 Å². The third-order valence-electron chi connectivity index (χ3n) is 4.14. The van der Waals surface area contributed by atoms with Crippen LogP contribution in [0.25, 0.3) is 0 Å². The van der Waals surface area contributed by atoms with E-state index in [-0.39, 0.29) is 12.1 Å². The maximum atomic E-state index is 12.5. The molecule has 1 heterocycles. The molecule has 3 rings (SSSR count). The van der Waals surface area contributed by atoms with Gasteiger partial charge in [0.1, 0.15) is 0 Å². The number of rotatable bonds is 6. The van der Waals surface area contributed by atoms with Gasteiger partial charge in [-0.25, -0.2) is 13.1 Å². The first kappa shape index (κ1) is 15.0. The zero-order valence-corrected chi connectivity index (χ0v) is 13.0. The second-order valence-corrected chi connectivity index (χ2v) is 7.58. The Hall–Kier alpha value is -0.950. The molecule has 116 valence electrons. The van der Waals surface area contributed by atoms with Crippen molar-refractivity contribution in [1.82, 2.24) is 10.0 Å². The summed E-state index contributed by atoms with van der Waals surface area (Å²) in [5.41, 5.74) is 1.07. The minimum atomic E-state index is -3.46. The summed E-state index contributed by atoms with van der Waals surface area (Å²) in [7, 11) is -1.60. The van der Waals surface area contributed by atoms with E-state index in [1.54, 1.807) is 12.1 Å². The van der Waals surface area contributed by atoms with Crippen LogP contribution in [0.15, 0.2) is 29.2 Å². The Morgan fingerprint density at radius 2 is 1.90 bits per heavy atom. The van der Waals surface area contributed by atoms with Crippen LogP contribution in [-0.4, -0.2) is 34.2 Å². The molecule has 1 aliphatic carbocycles. The third kappa shape index (κ3) is 3.45. The second kappa shape index (κ2) is 6.04. The number of hydrogen-bond acceptors (Lipinski definition) is 4. The molecule has 0 bridgehead atoms. The summed E-state index contributed by atoms with van der Waals surface area (Å²) in [5, 5.41) is 3.04. The Kier molecular flexibility index (Phi) is 4.31. The molecule has 2 unspecified atom stereocenters. The lowest BCUT2D eigenvalue weighted by molar-refractivity contribution is 0.0848. The molecule has 21 heavy (non-hydrogen) atoms. The number of nitrogens with one attached hydrogen (secondary N) is 2. The molecule has 1 aromatic rings. The van der Waals surface area contributed by atoms with Gasteiger partial charge in [0.25, 0.3) is 0 Å².